The molecule has 0 radical (unpaired) electrons. The molecule has 19 heavy (non-hydrogen) atoms. The highest BCUT2D eigenvalue weighted by Crippen LogP contribution is 2.27. The van der Waals surface area contributed by atoms with Gasteiger partial charge in [0.25, 0.3) is 0 Å². The van der Waals surface area contributed by atoms with E-state index < -0.39 is 0 Å². The van der Waals surface area contributed by atoms with Gasteiger partial charge in [0, 0.05) is 12.2 Å². The predicted octanol–water partition coefficient (Wildman–Crippen LogP) is 3.39. The summed E-state index contributed by atoms with van der Waals surface area (Å²) in [6.45, 7) is 6.21. The highest BCUT2D eigenvalue weighted by atomic mass is 16.5. The summed E-state index contributed by atoms with van der Waals surface area (Å²) >= 11 is 0. The average Bonchev–Trinajstić information content (AvgIpc) is 2.74. The molecule has 106 valence electrons. The molecular weight excluding hydrogens is 240 g/mol. The lowest BCUT2D eigenvalue weighted by atomic mass is 9.88. The molecule has 0 aliphatic heterocycles. The molecule has 1 aromatic heterocycles. The second-order valence-corrected chi connectivity index (χ2v) is 5.87. The van der Waals surface area contributed by atoms with Crippen LogP contribution >= 0.6 is 0 Å². The van der Waals surface area contributed by atoms with Gasteiger partial charge in [-0.15, -0.1) is 0 Å². The maximum atomic E-state index is 12.3. The van der Waals surface area contributed by atoms with E-state index in [0.717, 1.165) is 19.3 Å². The normalized spacial score (nSPS) is 23.6. The Balaban J connectivity index is 2.11. The molecule has 0 aromatic carbocycles. The first-order valence-electron chi connectivity index (χ1n) is 7.17. The van der Waals surface area contributed by atoms with Crippen LogP contribution in [-0.4, -0.2) is 16.6 Å². The quantitative estimate of drug-likeness (QED) is 0.851. The zero-order valence-corrected chi connectivity index (χ0v) is 12.1. The van der Waals surface area contributed by atoms with Crippen LogP contribution in [0, 0.1) is 5.92 Å². The van der Waals surface area contributed by atoms with E-state index in [1.165, 1.54) is 6.42 Å². The smallest absolute Gasteiger partial charge is 0.355 e. The molecule has 4 heteroatoms. The zero-order chi connectivity index (χ0) is 14.0. The summed E-state index contributed by atoms with van der Waals surface area (Å²) in [6, 6.07) is 1.90. The van der Waals surface area contributed by atoms with Gasteiger partial charge in [-0.05, 0) is 45.1 Å². The minimum Gasteiger partial charge on any atom is -0.457 e. The van der Waals surface area contributed by atoms with E-state index in [1.54, 1.807) is 12.3 Å². The van der Waals surface area contributed by atoms with E-state index >= 15 is 0 Å². The number of nitrogens with two attached hydrogens (primary N) is 1. The molecule has 1 aliphatic carbocycles. The van der Waals surface area contributed by atoms with E-state index in [-0.39, 0.29) is 18.1 Å². The Hall–Kier alpha value is -1.45. The third-order valence-corrected chi connectivity index (χ3v) is 3.93. The van der Waals surface area contributed by atoms with Gasteiger partial charge < -0.3 is 15.0 Å². The summed E-state index contributed by atoms with van der Waals surface area (Å²) in [5.74, 6) is 0.210. The number of nitrogen functional groups attached to an aromatic ring is 1. The van der Waals surface area contributed by atoms with Crippen LogP contribution in [0.1, 0.15) is 63.0 Å². The number of nitrogens with zero attached hydrogens (tertiary/aromatic N) is 1. The summed E-state index contributed by atoms with van der Waals surface area (Å²) in [5.41, 5.74) is 6.96. The van der Waals surface area contributed by atoms with Crippen molar-refractivity contribution < 1.29 is 9.53 Å². The number of hydrogen-bond donors (Lipinski definition) is 1. The molecule has 2 unspecified atom stereocenters. The molecule has 2 N–H and O–H groups in total. The van der Waals surface area contributed by atoms with Gasteiger partial charge in [0.05, 0.1) is 5.69 Å². The van der Waals surface area contributed by atoms with Crippen LogP contribution < -0.4 is 5.73 Å². The Kier molecular flexibility index (Phi) is 4.17. The molecule has 1 aliphatic rings. The van der Waals surface area contributed by atoms with Crippen molar-refractivity contribution in [3.05, 3.63) is 18.0 Å². The van der Waals surface area contributed by atoms with Gasteiger partial charge in [-0.2, -0.15) is 0 Å². The summed E-state index contributed by atoms with van der Waals surface area (Å²) in [7, 11) is 0. The monoisotopic (exact) mass is 264 g/mol. The van der Waals surface area contributed by atoms with Crippen LogP contribution in [0.25, 0.3) is 0 Å². The van der Waals surface area contributed by atoms with Gasteiger partial charge in [0.2, 0.25) is 0 Å². The average molecular weight is 264 g/mol. The van der Waals surface area contributed by atoms with Gasteiger partial charge >= 0.3 is 5.97 Å². The minimum atomic E-state index is -0.246. The summed E-state index contributed by atoms with van der Waals surface area (Å²) in [4.78, 5) is 12.3. The van der Waals surface area contributed by atoms with Crippen molar-refractivity contribution in [3.8, 4) is 0 Å². The Morgan fingerprint density at radius 1 is 1.42 bits per heavy atom. The first-order chi connectivity index (χ1) is 8.99. The van der Waals surface area contributed by atoms with Crippen LogP contribution in [0.4, 0.5) is 5.69 Å². The molecule has 4 nitrogen and oxygen atoms in total. The maximum absolute atomic E-state index is 12.3. The number of hydrogen-bond acceptors (Lipinski definition) is 3. The number of anilines is 1. The third kappa shape index (κ3) is 3.11. The summed E-state index contributed by atoms with van der Waals surface area (Å²) in [5, 5.41) is 0. The fourth-order valence-corrected chi connectivity index (χ4v) is 2.75. The highest BCUT2D eigenvalue weighted by molar-refractivity contribution is 5.89. The number of rotatable bonds is 3. The third-order valence-electron chi connectivity index (χ3n) is 3.93. The van der Waals surface area contributed by atoms with Crippen molar-refractivity contribution in [1.82, 2.24) is 4.57 Å². The number of carbonyl (C=O) groups excluding carboxylic acids is 1. The van der Waals surface area contributed by atoms with Crippen LogP contribution in [-0.2, 0) is 4.74 Å². The second kappa shape index (κ2) is 5.68. The van der Waals surface area contributed by atoms with Crippen LogP contribution in [0.5, 0.6) is 0 Å². The summed E-state index contributed by atoms with van der Waals surface area (Å²) < 4.78 is 7.56. The largest absolute Gasteiger partial charge is 0.457 e. The first kappa shape index (κ1) is 14.0. The molecule has 2 rings (SSSR count). The molecular formula is C15H24N2O2. The molecule has 0 amide bonds. The second-order valence-electron chi connectivity index (χ2n) is 5.87. The minimum absolute atomic E-state index is 0.0537. The Morgan fingerprint density at radius 2 is 2.11 bits per heavy atom. The van der Waals surface area contributed by atoms with Crippen molar-refractivity contribution >= 4 is 11.7 Å². The summed E-state index contributed by atoms with van der Waals surface area (Å²) in [6.07, 6.45) is 6.36. The van der Waals surface area contributed by atoms with Gasteiger partial charge in [-0.3, -0.25) is 0 Å². The standard InChI is InChI=1S/C15H24N2O2/c1-10(2)17-9-12(16)8-13(17)15(18)19-14-7-5-4-6-11(14)3/h8-11,14H,4-7,16H2,1-3H3. The number of aromatic nitrogens is 1. The lowest BCUT2D eigenvalue weighted by molar-refractivity contribution is 0.00360. The van der Waals surface area contributed by atoms with E-state index in [9.17, 15) is 4.79 Å². The fourth-order valence-electron chi connectivity index (χ4n) is 2.75. The van der Waals surface area contributed by atoms with Gasteiger partial charge in [-0.25, -0.2) is 4.79 Å². The van der Waals surface area contributed by atoms with Crippen molar-refractivity contribution in [1.29, 1.82) is 0 Å². The van der Waals surface area contributed by atoms with Gasteiger partial charge in [0.1, 0.15) is 11.8 Å². The topological polar surface area (TPSA) is 57.2 Å². The van der Waals surface area contributed by atoms with E-state index in [4.69, 9.17) is 10.5 Å². The molecule has 0 saturated heterocycles. The molecule has 1 saturated carbocycles. The predicted molar refractivity (Wildman–Crippen MR) is 76.1 cm³/mol. The van der Waals surface area contributed by atoms with Gasteiger partial charge in [-0.1, -0.05) is 13.3 Å². The lowest BCUT2D eigenvalue weighted by Crippen LogP contribution is -2.29. The first-order valence-corrected chi connectivity index (χ1v) is 7.17. The highest BCUT2D eigenvalue weighted by Gasteiger charge is 2.26. The van der Waals surface area contributed by atoms with Crippen molar-refractivity contribution in [2.75, 3.05) is 5.73 Å². The molecule has 1 aromatic rings. The Labute approximate surface area is 114 Å². The van der Waals surface area contributed by atoms with E-state index in [1.807, 2.05) is 18.4 Å². The fraction of sp³-hybridized carbons (Fsp3) is 0.667. The molecule has 2 atom stereocenters. The van der Waals surface area contributed by atoms with Crippen LogP contribution in [0.2, 0.25) is 0 Å². The van der Waals surface area contributed by atoms with Crippen molar-refractivity contribution in [2.45, 2.75) is 58.6 Å². The molecule has 1 fully saturated rings. The Bertz CT molecular complexity index is 451. The van der Waals surface area contributed by atoms with Crippen molar-refractivity contribution in [2.24, 2.45) is 5.92 Å². The maximum Gasteiger partial charge on any atom is 0.355 e. The lowest BCUT2D eigenvalue weighted by Gasteiger charge is -2.28. The van der Waals surface area contributed by atoms with Crippen LogP contribution in [0.3, 0.4) is 0 Å². The zero-order valence-electron chi connectivity index (χ0n) is 12.1. The van der Waals surface area contributed by atoms with Gasteiger partial charge in [0.15, 0.2) is 0 Å². The molecule has 0 spiro atoms. The van der Waals surface area contributed by atoms with Crippen molar-refractivity contribution in [3.63, 3.8) is 0 Å². The Morgan fingerprint density at radius 3 is 2.74 bits per heavy atom. The molecule has 0 bridgehead atoms. The van der Waals surface area contributed by atoms with E-state index in [2.05, 4.69) is 6.92 Å². The number of ether oxygens (including phenoxy) is 1. The molecule has 1 heterocycles. The number of esters is 1. The SMILES string of the molecule is CC1CCCCC1OC(=O)c1cc(N)cn1C(C)C. The van der Waals surface area contributed by atoms with E-state index in [0.29, 0.717) is 17.3 Å². The van der Waals surface area contributed by atoms with Crippen LogP contribution in [0.15, 0.2) is 12.3 Å². The number of carbonyl (C=O) groups is 1.